The number of hydrazine groups is 1. The van der Waals surface area contributed by atoms with Gasteiger partial charge in [-0.15, -0.1) is 11.3 Å². The molecule has 1 aliphatic rings. The molecule has 0 spiro atoms. The molecule has 0 unspecified atom stereocenters. The Bertz CT molecular complexity index is 1040. The van der Waals surface area contributed by atoms with Gasteiger partial charge in [0.05, 0.1) is 11.1 Å². The van der Waals surface area contributed by atoms with Gasteiger partial charge in [0.25, 0.3) is 5.91 Å². The molecule has 2 heterocycles. The molecule has 7 heteroatoms. The number of nitrogens with zero attached hydrogens (tertiary/aromatic N) is 1. The number of aryl methyl sites for hydroxylation is 3. The molecule has 1 aromatic carbocycles. The van der Waals surface area contributed by atoms with Gasteiger partial charge >= 0.3 is 0 Å². The van der Waals surface area contributed by atoms with Crippen LogP contribution in [0.25, 0.3) is 11.3 Å². The van der Waals surface area contributed by atoms with Crippen LogP contribution in [-0.4, -0.2) is 16.8 Å². The summed E-state index contributed by atoms with van der Waals surface area (Å²) in [4.78, 5) is 30.5. The van der Waals surface area contributed by atoms with Crippen LogP contribution < -0.4 is 10.9 Å². The van der Waals surface area contributed by atoms with Crippen LogP contribution in [0.4, 0.5) is 0 Å². The minimum atomic E-state index is -0.282. The van der Waals surface area contributed by atoms with Crippen molar-refractivity contribution in [2.75, 3.05) is 0 Å². The van der Waals surface area contributed by atoms with Crippen LogP contribution in [0.2, 0.25) is 0 Å². The Balaban J connectivity index is 1.24. The van der Waals surface area contributed by atoms with Crippen LogP contribution in [-0.2, 0) is 30.5 Å². The number of fused-ring (bicyclic) bond motifs is 1. The molecule has 2 N–H and O–H groups in total. The fourth-order valence-electron chi connectivity index (χ4n) is 3.75. The first-order valence-corrected chi connectivity index (χ1v) is 11.5. The van der Waals surface area contributed by atoms with Gasteiger partial charge in [-0.05, 0) is 48.8 Å². The lowest BCUT2D eigenvalue weighted by atomic mass is 10.0. The van der Waals surface area contributed by atoms with Crippen molar-refractivity contribution < 1.29 is 14.0 Å². The van der Waals surface area contributed by atoms with Crippen LogP contribution in [0.1, 0.15) is 58.3 Å². The summed E-state index contributed by atoms with van der Waals surface area (Å²) < 4.78 is 5.79. The quantitative estimate of drug-likeness (QED) is 0.534. The summed E-state index contributed by atoms with van der Waals surface area (Å²) in [6.07, 6.45) is 6.50. The van der Waals surface area contributed by atoms with Gasteiger partial charge in [-0.25, -0.2) is 4.98 Å². The maximum atomic E-state index is 12.2. The van der Waals surface area contributed by atoms with Gasteiger partial charge < -0.3 is 4.42 Å². The number of benzene rings is 1. The van der Waals surface area contributed by atoms with E-state index in [4.69, 9.17) is 4.42 Å². The van der Waals surface area contributed by atoms with Crippen molar-refractivity contribution in [3.8, 4) is 11.3 Å². The smallest absolute Gasteiger partial charge is 0.279 e. The first-order chi connectivity index (χ1) is 15.0. The highest BCUT2D eigenvalue weighted by Gasteiger charge is 2.18. The van der Waals surface area contributed by atoms with Crippen molar-refractivity contribution in [1.82, 2.24) is 15.8 Å². The molecule has 2 aromatic heterocycles. The zero-order chi connectivity index (χ0) is 21.8. The largest absolute Gasteiger partial charge is 0.441 e. The zero-order valence-electron chi connectivity index (χ0n) is 17.9. The first-order valence-electron chi connectivity index (χ1n) is 10.7. The van der Waals surface area contributed by atoms with Gasteiger partial charge in [0.2, 0.25) is 5.91 Å². The van der Waals surface area contributed by atoms with Gasteiger partial charge in [0, 0.05) is 23.3 Å². The number of carbonyl (C=O) groups is 2. The molecule has 4 rings (SSSR count). The highest BCUT2D eigenvalue weighted by Crippen LogP contribution is 2.30. The number of carbonyl (C=O) groups excluding carboxylic acids is 2. The molecule has 3 aromatic rings. The van der Waals surface area contributed by atoms with Crippen LogP contribution in [0.3, 0.4) is 0 Å². The van der Waals surface area contributed by atoms with E-state index in [1.165, 1.54) is 27.3 Å². The van der Waals surface area contributed by atoms with Crippen molar-refractivity contribution in [3.63, 3.8) is 0 Å². The second-order valence-electron chi connectivity index (χ2n) is 8.33. The van der Waals surface area contributed by atoms with Crippen molar-refractivity contribution in [2.45, 2.75) is 52.4 Å². The predicted octanol–water partition coefficient (Wildman–Crippen LogP) is 4.48. The van der Waals surface area contributed by atoms with E-state index >= 15 is 0 Å². The summed E-state index contributed by atoms with van der Waals surface area (Å²) in [5, 5.41) is 0. The van der Waals surface area contributed by atoms with E-state index in [1.54, 1.807) is 6.20 Å². The number of oxazole rings is 1. The number of nitrogens with one attached hydrogen (secondary N) is 2. The summed E-state index contributed by atoms with van der Waals surface area (Å²) >= 11 is 1.51. The van der Waals surface area contributed by atoms with Crippen LogP contribution in [0.15, 0.2) is 40.9 Å². The SMILES string of the molecule is CC(C)Cc1ccc(-c2cnc(CCC(=O)NNC(=O)c3cc4c(s3)CCC4)o2)cc1. The summed E-state index contributed by atoms with van der Waals surface area (Å²) in [6.45, 7) is 4.40. The van der Waals surface area contributed by atoms with Crippen molar-refractivity contribution in [1.29, 1.82) is 0 Å². The number of thiophene rings is 1. The average Bonchev–Trinajstić information content (AvgIpc) is 3.46. The minimum absolute atomic E-state index is 0.175. The Morgan fingerprint density at radius 2 is 1.97 bits per heavy atom. The van der Waals surface area contributed by atoms with E-state index in [0.29, 0.717) is 28.9 Å². The van der Waals surface area contributed by atoms with Crippen molar-refractivity contribution in [3.05, 3.63) is 63.3 Å². The van der Waals surface area contributed by atoms with Gasteiger partial charge in [0.15, 0.2) is 11.7 Å². The van der Waals surface area contributed by atoms with Crippen LogP contribution in [0.5, 0.6) is 0 Å². The van der Waals surface area contributed by atoms with E-state index in [-0.39, 0.29) is 18.2 Å². The Morgan fingerprint density at radius 1 is 1.16 bits per heavy atom. The zero-order valence-corrected chi connectivity index (χ0v) is 18.7. The summed E-state index contributed by atoms with van der Waals surface area (Å²) in [5.74, 6) is 1.25. The lowest BCUT2D eigenvalue weighted by molar-refractivity contribution is -0.121. The number of hydrogen-bond acceptors (Lipinski definition) is 5. The molecule has 31 heavy (non-hydrogen) atoms. The fraction of sp³-hybridized carbons (Fsp3) is 0.375. The Hall–Kier alpha value is -2.93. The standard InChI is InChI=1S/C24H27N3O3S/c1-15(2)12-16-6-8-17(9-7-16)19-14-25-23(30-19)11-10-22(28)26-27-24(29)21-13-18-4-3-5-20(18)31-21/h6-9,13-15H,3-5,10-12H2,1-2H3,(H,26,28)(H,27,29). The summed E-state index contributed by atoms with van der Waals surface area (Å²) in [5.41, 5.74) is 8.49. The molecule has 0 bridgehead atoms. The van der Waals surface area contributed by atoms with Gasteiger partial charge in [-0.3, -0.25) is 20.4 Å². The second kappa shape index (κ2) is 9.47. The van der Waals surface area contributed by atoms with E-state index in [0.717, 1.165) is 31.2 Å². The molecule has 0 aliphatic heterocycles. The Morgan fingerprint density at radius 3 is 2.71 bits per heavy atom. The molecule has 0 fully saturated rings. The first kappa shape index (κ1) is 21.3. The number of rotatable bonds is 7. The molecule has 0 saturated carbocycles. The fourth-order valence-corrected chi connectivity index (χ4v) is 4.90. The summed E-state index contributed by atoms with van der Waals surface area (Å²) in [6, 6.07) is 10.2. The Labute approximate surface area is 186 Å². The Kier molecular flexibility index (Phi) is 6.51. The third kappa shape index (κ3) is 5.41. The number of amides is 2. The maximum absolute atomic E-state index is 12.2. The van der Waals surface area contributed by atoms with E-state index in [2.05, 4.69) is 41.8 Å². The molecule has 0 radical (unpaired) electrons. The average molecular weight is 438 g/mol. The molecular formula is C24H27N3O3S. The predicted molar refractivity (Wildman–Crippen MR) is 121 cm³/mol. The lowest BCUT2D eigenvalue weighted by Gasteiger charge is -2.06. The molecule has 6 nitrogen and oxygen atoms in total. The van der Waals surface area contributed by atoms with Gasteiger partial charge in [0.1, 0.15) is 0 Å². The topological polar surface area (TPSA) is 84.2 Å². The van der Waals surface area contributed by atoms with Gasteiger partial charge in [-0.2, -0.15) is 0 Å². The number of aromatic nitrogens is 1. The van der Waals surface area contributed by atoms with E-state index in [9.17, 15) is 9.59 Å². The van der Waals surface area contributed by atoms with Gasteiger partial charge in [-0.1, -0.05) is 38.1 Å². The monoisotopic (exact) mass is 437 g/mol. The molecule has 162 valence electrons. The van der Waals surface area contributed by atoms with Crippen LogP contribution >= 0.6 is 11.3 Å². The summed E-state index contributed by atoms with van der Waals surface area (Å²) in [7, 11) is 0. The highest BCUT2D eigenvalue weighted by atomic mass is 32.1. The van der Waals surface area contributed by atoms with Crippen LogP contribution in [0, 0.1) is 5.92 Å². The minimum Gasteiger partial charge on any atom is -0.441 e. The molecule has 1 aliphatic carbocycles. The van der Waals surface area contributed by atoms with Crippen molar-refractivity contribution >= 4 is 23.2 Å². The van der Waals surface area contributed by atoms with E-state index < -0.39 is 0 Å². The maximum Gasteiger partial charge on any atom is 0.279 e. The molecule has 0 saturated heterocycles. The molecular weight excluding hydrogens is 410 g/mol. The lowest BCUT2D eigenvalue weighted by Crippen LogP contribution is -2.41. The second-order valence-corrected chi connectivity index (χ2v) is 9.46. The normalized spacial score (nSPS) is 12.7. The molecule has 0 atom stereocenters. The highest BCUT2D eigenvalue weighted by molar-refractivity contribution is 7.14. The van der Waals surface area contributed by atoms with E-state index in [1.807, 2.05) is 18.2 Å². The third-order valence-electron chi connectivity index (χ3n) is 5.29. The molecule has 2 amide bonds. The number of hydrogen-bond donors (Lipinski definition) is 2. The van der Waals surface area contributed by atoms with Crippen molar-refractivity contribution in [2.24, 2.45) is 5.92 Å². The third-order valence-corrected chi connectivity index (χ3v) is 6.52.